The Bertz CT molecular complexity index is 392. The lowest BCUT2D eigenvalue weighted by Gasteiger charge is -2.14. The first-order chi connectivity index (χ1) is 8.07. The Morgan fingerprint density at radius 2 is 1.76 bits per heavy atom. The van der Waals surface area contributed by atoms with Gasteiger partial charge in [-0.25, -0.2) is 0 Å². The molecule has 0 radical (unpaired) electrons. The van der Waals surface area contributed by atoms with Gasteiger partial charge in [0.1, 0.15) is 9.65 Å². The number of hydrogen-bond acceptors (Lipinski definition) is 3. The number of ether oxygens (including phenoxy) is 1. The highest BCUT2D eigenvalue weighted by Gasteiger charge is 2.31. The summed E-state index contributed by atoms with van der Waals surface area (Å²) in [5.41, 5.74) is 0.558. The van der Waals surface area contributed by atoms with E-state index in [1.807, 2.05) is 6.07 Å². The van der Waals surface area contributed by atoms with E-state index in [0.29, 0.717) is 12.2 Å². The molecule has 0 bridgehead atoms. The van der Waals surface area contributed by atoms with Gasteiger partial charge in [-0.05, 0) is 6.92 Å². The number of benzene rings is 1. The molecule has 0 aromatic heterocycles. The molecule has 92 valence electrons. The van der Waals surface area contributed by atoms with E-state index in [2.05, 4.69) is 31.9 Å². The number of alkyl halides is 2. The first-order valence-electron chi connectivity index (χ1n) is 5.12. The molecule has 1 aromatic rings. The van der Waals surface area contributed by atoms with E-state index in [4.69, 9.17) is 4.74 Å². The molecule has 0 fully saturated rings. The van der Waals surface area contributed by atoms with Gasteiger partial charge in [0.25, 0.3) is 0 Å². The fourth-order valence-corrected chi connectivity index (χ4v) is 2.09. The van der Waals surface area contributed by atoms with Crippen LogP contribution in [0.25, 0.3) is 0 Å². The molecular formula is C12H12Br2O3. The lowest BCUT2D eigenvalue weighted by molar-refractivity contribution is -0.142. The normalized spacial score (nSPS) is 13.8. The largest absolute Gasteiger partial charge is 0.465 e. The van der Waals surface area contributed by atoms with Gasteiger partial charge in [-0.2, -0.15) is 0 Å². The number of esters is 1. The maximum Gasteiger partial charge on any atom is 0.321 e. The average molecular weight is 364 g/mol. The Kier molecular flexibility index (Phi) is 5.85. The van der Waals surface area contributed by atoms with Crippen molar-refractivity contribution < 1.29 is 14.3 Å². The molecule has 0 unspecified atom stereocenters. The van der Waals surface area contributed by atoms with Crippen molar-refractivity contribution in [3.63, 3.8) is 0 Å². The molecule has 0 saturated heterocycles. The summed E-state index contributed by atoms with van der Waals surface area (Å²) in [5.74, 6) is -0.598. The summed E-state index contributed by atoms with van der Waals surface area (Å²) in [6.45, 7) is 2.01. The van der Waals surface area contributed by atoms with Crippen LogP contribution in [0.2, 0.25) is 0 Å². The van der Waals surface area contributed by atoms with Gasteiger partial charge in [0.15, 0.2) is 5.78 Å². The van der Waals surface area contributed by atoms with Crippen LogP contribution in [0.15, 0.2) is 30.3 Å². The molecular weight excluding hydrogens is 352 g/mol. The van der Waals surface area contributed by atoms with Gasteiger partial charge in [-0.1, -0.05) is 62.2 Å². The monoisotopic (exact) mass is 362 g/mol. The third-order valence-electron chi connectivity index (χ3n) is 2.08. The highest BCUT2D eigenvalue weighted by Crippen LogP contribution is 2.20. The molecule has 0 spiro atoms. The number of Topliss-reactive ketones (excluding diaryl/α,β-unsaturated/α-hetero) is 1. The number of carbonyl (C=O) groups excluding carboxylic acids is 2. The minimum atomic E-state index is -0.685. The predicted octanol–water partition coefficient (Wildman–Crippen LogP) is 2.96. The molecule has 2 atom stereocenters. The molecule has 0 saturated carbocycles. The zero-order valence-corrected chi connectivity index (χ0v) is 12.4. The summed E-state index contributed by atoms with van der Waals surface area (Å²) in [4.78, 5) is 22.2. The van der Waals surface area contributed by atoms with Crippen LogP contribution in [-0.4, -0.2) is 28.0 Å². The van der Waals surface area contributed by atoms with Crippen LogP contribution in [0, 0.1) is 0 Å². The summed E-state index contributed by atoms with van der Waals surface area (Å²) in [6.07, 6.45) is 0. The van der Waals surface area contributed by atoms with Gasteiger partial charge in [0.05, 0.1) is 6.61 Å². The smallest absolute Gasteiger partial charge is 0.321 e. The molecule has 0 N–H and O–H groups in total. The van der Waals surface area contributed by atoms with Gasteiger partial charge < -0.3 is 4.74 Å². The number of ketones is 1. The van der Waals surface area contributed by atoms with Crippen molar-refractivity contribution in [2.24, 2.45) is 0 Å². The Balaban J connectivity index is 2.73. The summed E-state index contributed by atoms with van der Waals surface area (Å²) >= 11 is 6.38. The minimum absolute atomic E-state index is 0.152. The van der Waals surface area contributed by atoms with E-state index >= 15 is 0 Å². The standard InChI is InChI=1S/C12H12Br2O3/c1-2-17-12(16)10(14)9(13)11(15)8-6-4-3-5-7-8/h3-7,9-10H,2H2,1H3/t9-,10+/m1/s1. The van der Waals surface area contributed by atoms with E-state index in [1.54, 1.807) is 31.2 Å². The van der Waals surface area contributed by atoms with Crippen molar-refractivity contribution in [2.45, 2.75) is 16.6 Å². The van der Waals surface area contributed by atoms with Crippen LogP contribution < -0.4 is 0 Å². The maximum atomic E-state index is 12.0. The van der Waals surface area contributed by atoms with Crippen LogP contribution >= 0.6 is 31.9 Å². The highest BCUT2D eigenvalue weighted by molar-refractivity contribution is 9.12. The minimum Gasteiger partial charge on any atom is -0.465 e. The molecule has 3 nitrogen and oxygen atoms in total. The van der Waals surface area contributed by atoms with E-state index in [0.717, 1.165) is 0 Å². The van der Waals surface area contributed by atoms with Crippen LogP contribution in [0.5, 0.6) is 0 Å². The Labute approximate surface area is 117 Å². The summed E-state index contributed by atoms with van der Waals surface area (Å²) in [6, 6.07) is 8.81. The molecule has 1 aromatic carbocycles. The molecule has 0 aliphatic heterocycles. The number of rotatable bonds is 5. The summed E-state index contributed by atoms with van der Waals surface area (Å²) in [7, 11) is 0. The Morgan fingerprint density at radius 1 is 1.18 bits per heavy atom. The second-order valence-electron chi connectivity index (χ2n) is 3.29. The number of halogens is 2. The average Bonchev–Trinajstić information content (AvgIpc) is 2.37. The lowest BCUT2D eigenvalue weighted by Crippen LogP contribution is -2.32. The SMILES string of the molecule is CCOC(=O)[C@@H](Br)[C@@H](Br)C(=O)c1ccccc1. The van der Waals surface area contributed by atoms with Gasteiger partial charge in [0.2, 0.25) is 0 Å². The van der Waals surface area contributed by atoms with E-state index < -0.39 is 15.6 Å². The molecule has 17 heavy (non-hydrogen) atoms. The zero-order chi connectivity index (χ0) is 12.8. The fraction of sp³-hybridized carbons (Fsp3) is 0.333. The second kappa shape index (κ2) is 6.91. The predicted molar refractivity (Wildman–Crippen MR) is 72.8 cm³/mol. The van der Waals surface area contributed by atoms with Crippen LogP contribution in [0.3, 0.4) is 0 Å². The molecule has 5 heteroatoms. The third kappa shape index (κ3) is 3.92. The first kappa shape index (κ1) is 14.4. The van der Waals surface area contributed by atoms with Gasteiger partial charge in [-0.3, -0.25) is 9.59 Å². The Morgan fingerprint density at radius 3 is 2.29 bits per heavy atom. The molecule has 0 aliphatic carbocycles. The van der Waals surface area contributed by atoms with Crippen molar-refractivity contribution >= 4 is 43.6 Å². The van der Waals surface area contributed by atoms with Gasteiger partial charge >= 0.3 is 5.97 Å². The number of carbonyl (C=O) groups is 2. The molecule has 0 amide bonds. The quantitative estimate of drug-likeness (QED) is 0.459. The van der Waals surface area contributed by atoms with Crippen LogP contribution in [-0.2, 0) is 9.53 Å². The van der Waals surface area contributed by atoms with Crippen molar-refractivity contribution in [3.05, 3.63) is 35.9 Å². The van der Waals surface area contributed by atoms with E-state index in [1.165, 1.54) is 0 Å². The van der Waals surface area contributed by atoms with Crippen molar-refractivity contribution in [1.82, 2.24) is 0 Å². The maximum absolute atomic E-state index is 12.0. The van der Waals surface area contributed by atoms with Crippen molar-refractivity contribution in [1.29, 1.82) is 0 Å². The van der Waals surface area contributed by atoms with E-state index in [9.17, 15) is 9.59 Å². The van der Waals surface area contributed by atoms with Gasteiger partial charge in [-0.15, -0.1) is 0 Å². The Hall–Kier alpha value is -0.680. The third-order valence-corrected chi connectivity index (χ3v) is 4.63. The fourth-order valence-electron chi connectivity index (χ4n) is 1.24. The molecule has 0 aliphatic rings. The highest BCUT2D eigenvalue weighted by atomic mass is 79.9. The first-order valence-corrected chi connectivity index (χ1v) is 6.95. The van der Waals surface area contributed by atoms with Crippen molar-refractivity contribution in [3.8, 4) is 0 Å². The molecule has 1 rings (SSSR count). The molecule has 0 heterocycles. The van der Waals surface area contributed by atoms with Gasteiger partial charge in [0, 0.05) is 5.56 Å². The van der Waals surface area contributed by atoms with E-state index in [-0.39, 0.29) is 5.78 Å². The summed E-state index contributed by atoms with van der Waals surface area (Å²) in [5, 5.41) is 0. The topological polar surface area (TPSA) is 43.4 Å². The zero-order valence-electron chi connectivity index (χ0n) is 9.23. The number of hydrogen-bond donors (Lipinski definition) is 0. The van der Waals surface area contributed by atoms with Crippen molar-refractivity contribution in [2.75, 3.05) is 6.61 Å². The summed E-state index contributed by atoms with van der Waals surface area (Å²) < 4.78 is 4.84. The van der Waals surface area contributed by atoms with Crippen LogP contribution in [0.4, 0.5) is 0 Å². The lowest BCUT2D eigenvalue weighted by atomic mass is 10.1. The second-order valence-corrected chi connectivity index (χ2v) is 5.26. The van der Waals surface area contributed by atoms with Crippen LogP contribution in [0.1, 0.15) is 17.3 Å².